The molecule has 1 aromatic carbocycles. The van der Waals surface area contributed by atoms with Crippen LogP contribution in [0, 0.1) is 5.92 Å². The standard InChI is InChI=1S/C15H16BrNO2/c16-12-3-5-14(11(8-12)2-6-15(18)19)17-9-10-1-4-13(17)7-10/h2-3,5-6,8,10,13H,1,4,7,9H2,(H,18,19)/b6-2+. The number of carboxylic acids is 1. The van der Waals surface area contributed by atoms with Crippen molar-refractivity contribution >= 4 is 33.7 Å². The van der Waals surface area contributed by atoms with Crippen LogP contribution in [-0.4, -0.2) is 23.7 Å². The quantitative estimate of drug-likeness (QED) is 0.866. The molecule has 1 saturated heterocycles. The molecule has 4 heteroatoms. The van der Waals surface area contributed by atoms with Gasteiger partial charge in [0.15, 0.2) is 0 Å². The van der Waals surface area contributed by atoms with Crippen LogP contribution >= 0.6 is 15.9 Å². The first-order chi connectivity index (χ1) is 9.13. The fraction of sp³-hybridized carbons (Fsp3) is 0.400. The maximum absolute atomic E-state index is 10.7. The largest absolute Gasteiger partial charge is 0.478 e. The molecule has 0 aromatic heterocycles. The van der Waals surface area contributed by atoms with Gasteiger partial charge >= 0.3 is 5.97 Å². The van der Waals surface area contributed by atoms with E-state index in [2.05, 4.69) is 26.9 Å². The van der Waals surface area contributed by atoms with Crippen molar-refractivity contribution in [1.82, 2.24) is 0 Å². The summed E-state index contributed by atoms with van der Waals surface area (Å²) in [7, 11) is 0. The fourth-order valence-electron chi connectivity index (χ4n) is 3.30. The summed E-state index contributed by atoms with van der Waals surface area (Å²) in [6, 6.07) is 6.75. The molecule has 3 nitrogen and oxygen atoms in total. The number of halogens is 1. The second-order valence-electron chi connectivity index (χ2n) is 5.36. The Morgan fingerprint density at radius 1 is 1.42 bits per heavy atom. The smallest absolute Gasteiger partial charge is 0.328 e. The van der Waals surface area contributed by atoms with Gasteiger partial charge in [-0.3, -0.25) is 0 Å². The molecule has 1 heterocycles. The third kappa shape index (κ3) is 2.54. The average molecular weight is 322 g/mol. The van der Waals surface area contributed by atoms with E-state index >= 15 is 0 Å². The molecule has 1 N–H and O–H groups in total. The lowest BCUT2D eigenvalue weighted by molar-refractivity contribution is -0.131. The Morgan fingerprint density at radius 3 is 2.89 bits per heavy atom. The molecule has 2 bridgehead atoms. The second-order valence-corrected chi connectivity index (χ2v) is 6.28. The molecule has 1 aliphatic heterocycles. The highest BCUT2D eigenvalue weighted by molar-refractivity contribution is 9.10. The molecule has 2 unspecified atom stereocenters. The predicted octanol–water partition coefficient (Wildman–Crippen LogP) is 3.54. The van der Waals surface area contributed by atoms with Crippen LogP contribution < -0.4 is 4.90 Å². The van der Waals surface area contributed by atoms with Crippen LogP contribution in [0.25, 0.3) is 6.08 Å². The van der Waals surface area contributed by atoms with Gasteiger partial charge in [0.05, 0.1) is 0 Å². The Morgan fingerprint density at radius 2 is 2.26 bits per heavy atom. The Balaban J connectivity index is 1.94. The summed E-state index contributed by atoms with van der Waals surface area (Å²) in [6.07, 6.45) is 6.80. The van der Waals surface area contributed by atoms with Gasteiger partial charge in [0.2, 0.25) is 0 Å². The van der Waals surface area contributed by atoms with Gasteiger partial charge < -0.3 is 10.0 Å². The number of benzene rings is 1. The van der Waals surface area contributed by atoms with Crippen LogP contribution in [-0.2, 0) is 4.79 Å². The zero-order valence-corrected chi connectivity index (χ0v) is 12.1. The summed E-state index contributed by atoms with van der Waals surface area (Å²) in [4.78, 5) is 13.2. The van der Waals surface area contributed by atoms with Crippen LogP contribution in [0.5, 0.6) is 0 Å². The summed E-state index contributed by atoms with van der Waals surface area (Å²) < 4.78 is 0.977. The third-order valence-electron chi connectivity index (χ3n) is 4.11. The molecule has 19 heavy (non-hydrogen) atoms. The molecular formula is C15H16BrNO2. The van der Waals surface area contributed by atoms with Crippen LogP contribution in [0.15, 0.2) is 28.7 Å². The number of fused-ring (bicyclic) bond motifs is 2. The third-order valence-corrected chi connectivity index (χ3v) is 4.61. The van der Waals surface area contributed by atoms with Gasteiger partial charge in [-0.25, -0.2) is 4.79 Å². The summed E-state index contributed by atoms with van der Waals surface area (Å²) >= 11 is 3.45. The van der Waals surface area contributed by atoms with Crippen molar-refractivity contribution < 1.29 is 9.90 Å². The van der Waals surface area contributed by atoms with E-state index in [1.807, 2.05) is 12.1 Å². The Kier molecular flexibility index (Phi) is 3.35. The highest BCUT2D eigenvalue weighted by Gasteiger charge is 2.38. The zero-order chi connectivity index (χ0) is 13.4. The van der Waals surface area contributed by atoms with Crippen molar-refractivity contribution in [2.75, 3.05) is 11.4 Å². The van der Waals surface area contributed by atoms with E-state index < -0.39 is 5.97 Å². The van der Waals surface area contributed by atoms with Gasteiger partial charge in [-0.1, -0.05) is 15.9 Å². The molecule has 2 atom stereocenters. The second kappa shape index (κ2) is 5.00. The molecule has 2 fully saturated rings. The number of hydrogen-bond acceptors (Lipinski definition) is 2. The van der Waals surface area contributed by atoms with Crippen LogP contribution in [0.2, 0.25) is 0 Å². The molecule has 0 amide bonds. The van der Waals surface area contributed by atoms with Crippen molar-refractivity contribution in [2.24, 2.45) is 5.92 Å². The molecule has 3 rings (SSSR count). The van der Waals surface area contributed by atoms with E-state index in [4.69, 9.17) is 5.11 Å². The lowest BCUT2D eigenvalue weighted by Crippen LogP contribution is -2.32. The van der Waals surface area contributed by atoms with E-state index in [1.165, 1.54) is 25.3 Å². The first-order valence-corrected chi connectivity index (χ1v) is 7.40. The van der Waals surface area contributed by atoms with Gasteiger partial charge in [0.1, 0.15) is 0 Å². The molecule has 0 radical (unpaired) electrons. The van der Waals surface area contributed by atoms with Gasteiger partial charge in [-0.15, -0.1) is 0 Å². The summed E-state index contributed by atoms with van der Waals surface area (Å²) in [6.45, 7) is 1.11. The van der Waals surface area contributed by atoms with Crippen molar-refractivity contribution in [1.29, 1.82) is 0 Å². The Hall–Kier alpha value is -1.29. The topological polar surface area (TPSA) is 40.5 Å². The lowest BCUT2D eigenvalue weighted by atomic mass is 10.1. The Bertz CT molecular complexity index is 541. The van der Waals surface area contributed by atoms with Gasteiger partial charge in [0.25, 0.3) is 0 Å². The number of hydrogen-bond donors (Lipinski definition) is 1. The number of piperidine rings is 1. The van der Waals surface area contributed by atoms with Crippen molar-refractivity contribution in [3.05, 3.63) is 34.3 Å². The molecule has 100 valence electrons. The molecule has 2 aliphatic rings. The monoisotopic (exact) mass is 321 g/mol. The van der Waals surface area contributed by atoms with Crippen molar-refractivity contribution in [3.8, 4) is 0 Å². The van der Waals surface area contributed by atoms with Gasteiger partial charge in [-0.2, -0.15) is 0 Å². The average Bonchev–Trinajstić information content (AvgIpc) is 2.98. The number of carboxylic acid groups (broad SMARTS) is 1. The fourth-order valence-corrected chi connectivity index (χ4v) is 3.68. The number of aliphatic carboxylic acids is 1. The van der Waals surface area contributed by atoms with Crippen molar-refractivity contribution in [3.63, 3.8) is 0 Å². The summed E-state index contributed by atoms with van der Waals surface area (Å²) in [5.74, 6) is -0.0844. The maximum atomic E-state index is 10.7. The van der Waals surface area contributed by atoms with E-state index in [-0.39, 0.29) is 0 Å². The number of carbonyl (C=O) groups is 1. The number of anilines is 1. The zero-order valence-electron chi connectivity index (χ0n) is 10.6. The molecular weight excluding hydrogens is 306 g/mol. The van der Waals surface area contributed by atoms with Crippen LogP contribution in [0.1, 0.15) is 24.8 Å². The molecule has 1 aromatic rings. The molecule has 0 spiro atoms. The first-order valence-electron chi connectivity index (χ1n) is 6.60. The minimum Gasteiger partial charge on any atom is -0.478 e. The summed E-state index contributed by atoms with van der Waals surface area (Å²) in [5, 5.41) is 8.79. The lowest BCUT2D eigenvalue weighted by Gasteiger charge is -2.30. The summed E-state index contributed by atoms with van der Waals surface area (Å²) in [5.41, 5.74) is 2.14. The van der Waals surface area contributed by atoms with Crippen molar-refractivity contribution in [2.45, 2.75) is 25.3 Å². The van der Waals surface area contributed by atoms with Gasteiger partial charge in [0, 0.05) is 28.8 Å². The minimum atomic E-state index is -0.908. The van der Waals surface area contributed by atoms with Gasteiger partial charge in [-0.05, 0) is 55.0 Å². The van der Waals surface area contributed by atoms with E-state index in [1.54, 1.807) is 6.08 Å². The predicted molar refractivity (Wildman–Crippen MR) is 79.3 cm³/mol. The SMILES string of the molecule is O=C(O)/C=C/c1cc(Br)ccc1N1CC2CCC1C2. The maximum Gasteiger partial charge on any atom is 0.328 e. The van der Waals surface area contributed by atoms with E-state index in [0.29, 0.717) is 6.04 Å². The van der Waals surface area contributed by atoms with E-state index in [9.17, 15) is 4.79 Å². The molecule has 1 saturated carbocycles. The molecule has 1 aliphatic carbocycles. The van der Waals surface area contributed by atoms with Crippen LogP contribution in [0.3, 0.4) is 0 Å². The first kappa shape index (κ1) is 12.7. The number of rotatable bonds is 3. The number of nitrogens with zero attached hydrogens (tertiary/aromatic N) is 1. The Labute approximate surface area is 121 Å². The van der Waals surface area contributed by atoms with E-state index in [0.717, 1.165) is 28.2 Å². The highest BCUT2D eigenvalue weighted by Crippen LogP contribution is 2.41. The normalized spacial score (nSPS) is 25.4. The highest BCUT2D eigenvalue weighted by atomic mass is 79.9. The van der Waals surface area contributed by atoms with Crippen LogP contribution in [0.4, 0.5) is 5.69 Å². The minimum absolute atomic E-state index is 0.642.